The third-order valence-corrected chi connectivity index (χ3v) is 0.688. The van der Waals surface area contributed by atoms with Crippen LogP contribution in [-0.4, -0.2) is 20.6 Å². The second-order valence-corrected chi connectivity index (χ2v) is 1.30. The Labute approximate surface area is 55.4 Å². The Hall–Kier alpha value is -1.73. The molecule has 0 saturated heterocycles. The van der Waals surface area contributed by atoms with Crippen LogP contribution in [0.1, 0.15) is 5.82 Å². The van der Waals surface area contributed by atoms with Crippen LogP contribution in [0.4, 0.5) is 0 Å². The number of hydrogen-bond donors (Lipinski definition) is 2. The predicted molar refractivity (Wildman–Crippen MR) is 28.0 cm³/mol. The fraction of sp³-hybridized carbons (Fsp3) is 0.500. The number of nitrogens with zero attached hydrogens (tertiary/aromatic N) is 5. The molecule has 8 heteroatoms. The first-order chi connectivity index (χ1) is 4.93. The zero-order valence-electron chi connectivity index (χ0n) is 4.93. The van der Waals surface area contributed by atoms with Crippen molar-refractivity contribution in [1.29, 1.82) is 0 Å². The third-order valence-electron chi connectivity index (χ3n) is 0.688. The molecule has 3 N–H and O–H groups in total. The van der Waals surface area contributed by atoms with Crippen LogP contribution in [0.2, 0.25) is 0 Å². The van der Waals surface area contributed by atoms with Crippen molar-refractivity contribution in [2.24, 2.45) is 16.3 Å². The van der Waals surface area contributed by atoms with E-state index < -0.39 is 0 Å². The SMILES string of the molecule is NN=NOCc1nn[nH]n1. The van der Waals surface area contributed by atoms with Gasteiger partial charge in [0.25, 0.3) is 0 Å². The molecule has 8 nitrogen and oxygen atoms in total. The Balaban J connectivity index is 2.28. The molecule has 1 rings (SSSR count). The highest BCUT2D eigenvalue weighted by atomic mass is 16.6. The van der Waals surface area contributed by atoms with Crippen molar-refractivity contribution in [3.05, 3.63) is 5.82 Å². The lowest BCUT2D eigenvalue weighted by Crippen LogP contribution is -1.90. The van der Waals surface area contributed by atoms with E-state index in [0.717, 1.165) is 0 Å². The minimum Gasteiger partial charge on any atom is -0.370 e. The molecular weight excluding hydrogens is 138 g/mol. The number of tetrazole rings is 1. The normalized spacial score (nSPS) is 10.4. The topological polar surface area (TPSA) is 114 Å². The molecule has 0 saturated carbocycles. The Kier molecular flexibility index (Phi) is 2.13. The molecule has 1 heterocycles. The van der Waals surface area contributed by atoms with E-state index in [1.54, 1.807) is 0 Å². The fourth-order valence-corrected chi connectivity index (χ4v) is 0.364. The molecule has 1 aromatic rings. The van der Waals surface area contributed by atoms with E-state index in [1.165, 1.54) is 0 Å². The summed E-state index contributed by atoms with van der Waals surface area (Å²) in [5.74, 6) is 5.03. The number of nitrogens with one attached hydrogen (secondary N) is 1. The van der Waals surface area contributed by atoms with Crippen molar-refractivity contribution in [1.82, 2.24) is 20.6 Å². The maximum absolute atomic E-state index is 4.64. The van der Waals surface area contributed by atoms with Gasteiger partial charge in [0.1, 0.15) is 0 Å². The Morgan fingerprint density at radius 1 is 1.70 bits per heavy atom. The van der Waals surface area contributed by atoms with Crippen molar-refractivity contribution >= 4 is 0 Å². The van der Waals surface area contributed by atoms with E-state index in [2.05, 4.69) is 41.8 Å². The quantitative estimate of drug-likeness (QED) is 0.318. The summed E-state index contributed by atoms with van der Waals surface area (Å²) in [7, 11) is 0. The number of aromatic amines is 1. The zero-order chi connectivity index (χ0) is 7.23. The van der Waals surface area contributed by atoms with E-state index in [9.17, 15) is 0 Å². The molecule has 0 radical (unpaired) electrons. The van der Waals surface area contributed by atoms with Gasteiger partial charge in [0.05, 0.1) is 0 Å². The minimum absolute atomic E-state index is 0.108. The van der Waals surface area contributed by atoms with Gasteiger partial charge >= 0.3 is 0 Å². The smallest absolute Gasteiger partial charge is 0.214 e. The lowest BCUT2D eigenvalue weighted by atomic mass is 10.7. The molecule has 1 aromatic heterocycles. The number of aromatic nitrogens is 4. The number of nitrogens with two attached hydrogens (primary N) is 1. The van der Waals surface area contributed by atoms with Gasteiger partial charge in [-0.3, -0.25) is 0 Å². The lowest BCUT2D eigenvalue weighted by molar-refractivity contribution is 0.103. The molecule has 10 heavy (non-hydrogen) atoms. The van der Waals surface area contributed by atoms with Gasteiger partial charge in [-0.25, -0.2) is 0 Å². The maximum Gasteiger partial charge on any atom is 0.214 e. The Bertz CT molecular complexity index is 191. The van der Waals surface area contributed by atoms with Crippen LogP contribution in [0.5, 0.6) is 0 Å². The number of hydrogen-bond acceptors (Lipinski definition) is 6. The zero-order valence-corrected chi connectivity index (χ0v) is 4.93. The Morgan fingerprint density at radius 3 is 3.20 bits per heavy atom. The third kappa shape index (κ3) is 1.65. The molecule has 0 bridgehead atoms. The summed E-state index contributed by atoms with van der Waals surface area (Å²) in [5.41, 5.74) is 0. The highest BCUT2D eigenvalue weighted by Gasteiger charge is 1.95. The van der Waals surface area contributed by atoms with E-state index in [0.29, 0.717) is 5.82 Å². The molecule has 0 aliphatic carbocycles. The summed E-state index contributed by atoms with van der Waals surface area (Å²) < 4.78 is 0. The van der Waals surface area contributed by atoms with Gasteiger partial charge in [0.2, 0.25) is 5.82 Å². The first kappa shape index (κ1) is 6.39. The average Bonchev–Trinajstić information content (AvgIpc) is 2.41. The molecule has 0 aliphatic rings. The molecular formula is C2H5N7O. The van der Waals surface area contributed by atoms with Crippen LogP contribution in [0, 0.1) is 0 Å². The lowest BCUT2D eigenvalue weighted by Gasteiger charge is -1.87. The van der Waals surface area contributed by atoms with Gasteiger partial charge in [-0.1, -0.05) is 5.21 Å². The molecule has 0 fully saturated rings. The maximum atomic E-state index is 4.64. The van der Waals surface area contributed by atoms with Gasteiger partial charge in [0.15, 0.2) is 6.61 Å². The van der Waals surface area contributed by atoms with Crippen molar-refractivity contribution in [2.75, 3.05) is 0 Å². The highest BCUT2D eigenvalue weighted by Crippen LogP contribution is 1.87. The van der Waals surface area contributed by atoms with Gasteiger partial charge < -0.3 is 10.7 Å². The van der Waals surface area contributed by atoms with E-state index >= 15 is 0 Å². The Morgan fingerprint density at radius 2 is 2.60 bits per heavy atom. The number of rotatable bonds is 3. The summed E-state index contributed by atoms with van der Waals surface area (Å²) in [5, 5.41) is 18.6. The van der Waals surface area contributed by atoms with E-state index in [4.69, 9.17) is 0 Å². The van der Waals surface area contributed by atoms with Crippen molar-refractivity contribution in [2.45, 2.75) is 6.61 Å². The van der Waals surface area contributed by atoms with Crippen LogP contribution in [0.25, 0.3) is 0 Å². The van der Waals surface area contributed by atoms with E-state index in [-0.39, 0.29) is 6.61 Å². The second-order valence-electron chi connectivity index (χ2n) is 1.30. The standard InChI is InChI=1S/C2H5N7O/c3-6-9-10-1-2-4-7-8-5-2/h1H2,(H2,3,9)(H,4,5,7,8). The molecule has 0 aromatic carbocycles. The van der Waals surface area contributed by atoms with Gasteiger partial charge in [-0.15, -0.1) is 10.2 Å². The van der Waals surface area contributed by atoms with Crippen LogP contribution in [0.15, 0.2) is 10.5 Å². The van der Waals surface area contributed by atoms with Crippen LogP contribution in [0.3, 0.4) is 0 Å². The van der Waals surface area contributed by atoms with Crippen molar-refractivity contribution in [3.8, 4) is 0 Å². The number of H-pyrrole nitrogens is 1. The molecule has 0 spiro atoms. The van der Waals surface area contributed by atoms with E-state index in [1.807, 2.05) is 0 Å². The summed E-state index contributed by atoms with van der Waals surface area (Å²) in [6, 6.07) is 0. The average molecular weight is 143 g/mol. The second kappa shape index (κ2) is 3.33. The van der Waals surface area contributed by atoms with Crippen LogP contribution >= 0.6 is 0 Å². The summed E-state index contributed by atoms with van der Waals surface area (Å²) in [4.78, 5) is 4.48. The van der Waals surface area contributed by atoms with Crippen molar-refractivity contribution < 1.29 is 4.84 Å². The van der Waals surface area contributed by atoms with Gasteiger partial charge in [0, 0.05) is 5.28 Å². The molecule has 0 amide bonds. The van der Waals surface area contributed by atoms with Crippen LogP contribution in [-0.2, 0) is 11.4 Å². The largest absolute Gasteiger partial charge is 0.370 e. The fourth-order valence-electron chi connectivity index (χ4n) is 0.364. The molecule has 0 unspecified atom stereocenters. The molecule has 0 atom stereocenters. The summed E-state index contributed by atoms with van der Waals surface area (Å²) in [6.45, 7) is 0.108. The van der Waals surface area contributed by atoms with Gasteiger partial charge in [-0.05, 0) is 5.22 Å². The first-order valence-corrected chi connectivity index (χ1v) is 2.38. The highest BCUT2D eigenvalue weighted by molar-refractivity contribution is 4.69. The molecule has 0 aliphatic heterocycles. The van der Waals surface area contributed by atoms with Crippen molar-refractivity contribution in [3.63, 3.8) is 0 Å². The monoisotopic (exact) mass is 143 g/mol. The first-order valence-electron chi connectivity index (χ1n) is 2.38. The summed E-state index contributed by atoms with van der Waals surface area (Å²) in [6.07, 6.45) is 0. The minimum atomic E-state index is 0.108. The summed E-state index contributed by atoms with van der Waals surface area (Å²) >= 11 is 0. The predicted octanol–water partition coefficient (Wildman–Crippen LogP) is -1.04. The van der Waals surface area contributed by atoms with Crippen LogP contribution < -0.4 is 5.84 Å². The molecule has 54 valence electrons. The van der Waals surface area contributed by atoms with Gasteiger partial charge in [-0.2, -0.15) is 5.21 Å².